The van der Waals surface area contributed by atoms with Crippen LogP contribution in [-0.2, 0) is 5.54 Å². The molecule has 2 aliphatic heterocycles. The van der Waals surface area contributed by atoms with Crippen molar-refractivity contribution >= 4 is 17.3 Å². The van der Waals surface area contributed by atoms with Gasteiger partial charge < -0.3 is 15.4 Å². The first kappa shape index (κ1) is 16.9. The SMILES string of the molecule is O=C1NC2(c3ccccc3Oc3cccc(Nc4ccccc4)c32)c2ccccc21. The molecular formula is C26H18N2O2. The molecule has 0 bridgehead atoms. The summed E-state index contributed by atoms with van der Waals surface area (Å²) in [6.07, 6.45) is 0. The van der Waals surface area contributed by atoms with Crippen LogP contribution in [0.25, 0.3) is 0 Å². The molecule has 1 amide bonds. The van der Waals surface area contributed by atoms with Crippen LogP contribution in [0.3, 0.4) is 0 Å². The van der Waals surface area contributed by atoms with Crippen LogP contribution in [0.2, 0.25) is 0 Å². The minimum Gasteiger partial charge on any atom is -0.456 e. The van der Waals surface area contributed by atoms with Gasteiger partial charge in [-0.3, -0.25) is 4.79 Å². The Morgan fingerprint density at radius 3 is 2.27 bits per heavy atom. The van der Waals surface area contributed by atoms with Crippen molar-refractivity contribution in [3.05, 3.63) is 119 Å². The highest BCUT2D eigenvalue weighted by Crippen LogP contribution is 2.55. The number of anilines is 2. The number of rotatable bonds is 2. The molecule has 2 N–H and O–H groups in total. The van der Waals surface area contributed by atoms with E-state index in [2.05, 4.69) is 10.6 Å². The van der Waals surface area contributed by atoms with Crippen molar-refractivity contribution < 1.29 is 9.53 Å². The average molecular weight is 390 g/mol. The average Bonchev–Trinajstić information content (AvgIpc) is 3.08. The molecule has 30 heavy (non-hydrogen) atoms. The summed E-state index contributed by atoms with van der Waals surface area (Å²) in [5.74, 6) is 1.40. The summed E-state index contributed by atoms with van der Waals surface area (Å²) >= 11 is 0. The molecule has 1 unspecified atom stereocenters. The van der Waals surface area contributed by atoms with Gasteiger partial charge in [0.05, 0.1) is 5.56 Å². The molecule has 0 radical (unpaired) electrons. The Morgan fingerprint density at radius 1 is 0.700 bits per heavy atom. The molecule has 1 spiro atoms. The second kappa shape index (κ2) is 6.22. The normalized spacial score (nSPS) is 18.1. The van der Waals surface area contributed by atoms with Gasteiger partial charge in [-0.05, 0) is 42.0 Å². The van der Waals surface area contributed by atoms with Crippen LogP contribution < -0.4 is 15.4 Å². The molecule has 2 aliphatic rings. The fraction of sp³-hybridized carbons (Fsp3) is 0.0385. The molecule has 4 aromatic rings. The zero-order chi connectivity index (χ0) is 20.1. The molecule has 0 saturated heterocycles. The van der Waals surface area contributed by atoms with E-state index in [1.807, 2.05) is 97.1 Å². The number of nitrogens with one attached hydrogen (secondary N) is 2. The highest BCUT2D eigenvalue weighted by atomic mass is 16.5. The van der Waals surface area contributed by atoms with E-state index < -0.39 is 5.54 Å². The first-order valence-electron chi connectivity index (χ1n) is 9.92. The molecule has 0 aromatic heterocycles. The number of fused-ring (bicyclic) bond motifs is 6. The first-order chi connectivity index (χ1) is 14.8. The van der Waals surface area contributed by atoms with Gasteiger partial charge in [-0.25, -0.2) is 0 Å². The summed E-state index contributed by atoms with van der Waals surface area (Å²) < 4.78 is 6.30. The number of carbonyl (C=O) groups excluding carboxylic acids is 1. The van der Waals surface area contributed by atoms with Gasteiger partial charge in [0.2, 0.25) is 0 Å². The van der Waals surface area contributed by atoms with E-state index in [0.29, 0.717) is 5.56 Å². The fourth-order valence-corrected chi connectivity index (χ4v) is 4.63. The maximum absolute atomic E-state index is 13.1. The number of hydrogen-bond donors (Lipinski definition) is 2. The predicted octanol–water partition coefficient (Wildman–Crippen LogP) is 5.57. The highest BCUT2D eigenvalue weighted by molar-refractivity contribution is 6.02. The number of para-hydroxylation sites is 2. The zero-order valence-electron chi connectivity index (χ0n) is 16.1. The van der Waals surface area contributed by atoms with Gasteiger partial charge in [0.15, 0.2) is 0 Å². The number of benzene rings is 4. The molecule has 4 aromatic carbocycles. The van der Waals surface area contributed by atoms with Crippen molar-refractivity contribution in [1.29, 1.82) is 0 Å². The van der Waals surface area contributed by atoms with Crippen molar-refractivity contribution in [3.8, 4) is 11.5 Å². The minimum absolute atomic E-state index is 0.0808. The monoisotopic (exact) mass is 390 g/mol. The van der Waals surface area contributed by atoms with Crippen LogP contribution >= 0.6 is 0 Å². The van der Waals surface area contributed by atoms with E-state index in [4.69, 9.17) is 4.74 Å². The lowest BCUT2D eigenvalue weighted by atomic mass is 9.75. The summed E-state index contributed by atoms with van der Waals surface area (Å²) in [6, 6.07) is 31.6. The van der Waals surface area contributed by atoms with Gasteiger partial charge in [-0.15, -0.1) is 0 Å². The minimum atomic E-state index is -0.823. The lowest BCUT2D eigenvalue weighted by Gasteiger charge is -2.39. The molecule has 4 nitrogen and oxygen atoms in total. The van der Waals surface area contributed by atoms with Crippen LogP contribution in [0.4, 0.5) is 11.4 Å². The van der Waals surface area contributed by atoms with Gasteiger partial charge in [-0.1, -0.05) is 60.7 Å². The van der Waals surface area contributed by atoms with E-state index in [1.165, 1.54) is 0 Å². The van der Waals surface area contributed by atoms with Crippen molar-refractivity contribution in [1.82, 2.24) is 5.32 Å². The number of carbonyl (C=O) groups is 1. The summed E-state index contributed by atoms with van der Waals surface area (Å²) in [5.41, 5.74) is 4.51. The predicted molar refractivity (Wildman–Crippen MR) is 116 cm³/mol. The summed E-state index contributed by atoms with van der Waals surface area (Å²) in [4.78, 5) is 13.1. The maximum Gasteiger partial charge on any atom is 0.252 e. The van der Waals surface area contributed by atoms with Crippen molar-refractivity contribution in [2.24, 2.45) is 0 Å². The standard InChI is InChI=1S/C26H18N2O2/c29-25-18-11-4-5-12-19(18)26(28-25)20-13-6-7-15-22(20)30-23-16-8-14-21(24(23)26)27-17-9-2-1-3-10-17/h1-16,27H,(H,28,29). The zero-order valence-corrected chi connectivity index (χ0v) is 16.1. The van der Waals surface area contributed by atoms with E-state index in [9.17, 15) is 4.79 Å². The third-order valence-electron chi connectivity index (χ3n) is 5.84. The lowest BCUT2D eigenvalue weighted by molar-refractivity contribution is 0.0947. The van der Waals surface area contributed by atoms with Crippen molar-refractivity contribution in [2.75, 3.05) is 5.32 Å². The summed E-state index contributed by atoms with van der Waals surface area (Å²) in [6.45, 7) is 0. The van der Waals surface area contributed by atoms with E-state index in [1.54, 1.807) is 0 Å². The Bertz CT molecular complexity index is 1300. The number of hydrogen-bond acceptors (Lipinski definition) is 3. The van der Waals surface area contributed by atoms with Gasteiger partial charge in [0, 0.05) is 22.5 Å². The summed E-state index contributed by atoms with van der Waals surface area (Å²) in [5, 5.41) is 6.84. The Kier molecular flexibility index (Phi) is 3.50. The Balaban J connectivity index is 1.67. The molecule has 1 atom stereocenters. The molecule has 4 heteroatoms. The van der Waals surface area contributed by atoms with Gasteiger partial charge in [-0.2, -0.15) is 0 Å². The quantitative estimate of drug-likeness (QED) is 0.470. The molecule has 144 valence electrons. The second-order valence-electron chi connectivity index (χ2n) is 7.52. The largest absolute Gasteiger partial charge is 0.456 e. The Hall–Kier alpha value is -4.05. The summed E-state index contributed by atoms with van der Waals surface area (Å²) in [7, 11) is 0. The third kappa shape index (κ3) is 2.25. The van der Waals surface area contributed by atoms with Gasteiger partial charge in [0.1, 0.15) is 17.0 Å². The Morgan fingerprint density at radius 2 is 1.40 bits per heavy atom. The smallest absolute Gasteiger partial charge is 0.252 e. The molecule has 0 fully saturated rings. The Labute approximate surface area is 174 Å². The van der Waals surface area contributed by atoms with E-state index in [-0.39, 0.29) is 5.91 Å². The first-order valence-corrected chi connectivity index (χ1v) is 9.92. The number of amides is 1. The molecular weight excluding hydrogens is 372 g/mol. The molecule has 0 aliphatic carbocycles. The highest BCUT2D eigenvalue weighted by Gasteiger charge is 2.51. The molecule has 6 rings (SSSR count). The van der Waals surface area contributed by atoms with Crippen LogP contribution in [0, 0.1) is 0 Å². The van der Waals surface area contributed by atoms with Crippen molar-refractivity contribution in [3.63, 3.8) is 0 Å². The van der Waals surface area contributed by atoms with Crippen molar-refractivity contribution in [2.45, 2.75) is 5.54 Å². The van der Waals surface area contributed by atoms with E-state index in [0.717, 1.165) is 39.6 Å². The van der Waals surface area contributed by atoms with Crippen LogP contribution in [-0.4, -0.2) is 5.91 Å². The molecule has 0 saturated carbocycles. The lowest BCUT2D eigenvalue weighted by Crippen LogP contribution is -2.44. The third-order valence-corrected chi connectivity index (χ3v) is 5.84. The maximum atomic E-state index is 13.1. The number of ether oxygens (including phenoxy) is 1. The van der Waals surface area contributed by atoms with Crippen LogP contribution in [0.1, 0.15) is 27.0 Å². The molecule has 2 heterocycles. The van der Waals surface area contributed by atoms with Crippen LogP contribution in [0.5, 0.6) is 11.5 Å². The van der Waals surface area contributed by atoms with Crippen LogP contribution in [0.15, 0.2) is 97.1 Å². The topological polar surface area (TPSA) is 50.4 Å². The second-order valence-corrected chi connectivity index (χ2v) is 7.52. The van der Waals surface area contributed by atoms with Gasteiger partial charge in [0.25, 0.3) is 5.91 Å². The van der Waals surface area contributed by atoms with E-state index >= 15 is 0 Å². The van der Waals surface area contributed by atoms with Gasteiger partial charge >= 0.3 is 0 Å². The fourth-order valence-electron chi connectivity index (χ4n) is 4.63.